The zero-order chi connectivity index (χ0) is 15.8. The van der Waals surface area contributed by atoms with Crippen LogP contribution in [0.5, 0.6) is 5.75 Å². The highest BCUT2D eigenvalue weighted by Gasteiger charge is 2.19. The SMILES string of the molecule is COc1ccc(CC(C)(C)N)c2c(N(C)C)cc(C)nc12. The lowest BCUT2D eigenvalue weighted by Gasteiger charge is -2.23. The minimum Gasteiger partial charge on any atom is -0.494 e. The molecule has 0 amide bonds. The molecule has 0 bridgehead atoms. The minimum atomic E-state index is -0.268. The van der Waals surface area contributed by atoms with Gasteiger partial charge in [-0.1, -0.05) is 6.07 Å². The summed E-state index contributed by atoms with van der Waals surface area (Å²) in [7, 11) is 5.77. The predicted octanol–water partition coefficient (Wildman–Crippen LogP) is 2.90. The summed E-state index contributed by atoms with van der Waals surface area (Å²) in [6.45, 7) is 6.09. The van der Waals surface area contributed by atoms with Crippen LogP contribution in [0.25, 0.3) is 10.9 Å². The first kappa shape index (κ1) is 15.6. The molecule has 0 fully saturated rings. The molecular formula is C17H25N3O. The predicted molar refractivity (Wildman–Crippen MR) is 89.3 cm³/mol. The van der Waals surface area contributed by atoms with Gasteiger partial charge in [-0.05, 0) is 44.9 Å². The van der Waals surface area contributed by atoms with Crippen LogP contribution in [0, 0.1) is 6.92 Å². The van der Waals surface area contributed by atoms with Gasteiger partial charge >= 0.3 is 0 Å². The number of rotatable bonds is 4. The van der Waals surface area contributed by atoms with Crippen molar-refractivity contribution in [1.29, 1.82) is 0 Å². The van der Waals surface area contributed by atoms with Gasteiger partial charge < -0.3 is 15.4 Å². The lowest BCUT2D eigenvalue weighted by atomic mass is 9.92. The Balaban J connectivity index is 2.82. The molecule has 1 heterocycles. The summed E-state index contributed by atoms with van der Waals surface area (Å²) in [6, 6.07) is 6.18. The molecule has 0 saturated carbocycles. The van der Waals surface area contributed by atoms with Crippen molar-refractivity contribution in [2.45, 2.75) is 32.7 Å². The Morgan fingerprint density at radius 3 is 2.48 bits per heavy atom. The first-order valence-corrected chi connectivity index (χ1v) is 7.16. The fourth-order valence-corrected chi connectivity index (χ4v) is 2.64. The molecule has 0 atom stereocenters. The third-order valence-electron chi connectivity index (χ3n) is 3.46. The van der Waals surface area contributed by atoms with E-state index < -0.39 is 0 Å². The number of nitrogens with two attached hydrogens (primary N) is 1. The number of methoxy groups -OCH3 is 1. The van der Waals surface area contributed by atoms with E-state index in [2.05, 4.69) is 22.0 Å². The van der Waals surface area contributed by atoms with Gasteiger partial charge in [0.1, 0.15) is 11.3 Å². The number of pyridine rings is 1. The molecular weight excluding hydrogens is 262 g/mol. The second-order valence-electron chi connectivity index (χ2n) is 6.49. The van der Waals surface area contributed by atoms with Crippen LogP contribution in [0.3, 0.4) is 0 Å². The number of ether oxygens (including phenoxy) is 1. The monoisotopic (exact) mass is 287 g/mol. The molecule has 1 aromatic heterocycles. The molecule has 114 valence electrons. The second kappa shape index (κ2) is 5.53. The summed E-state index contributed by atoms with van der Waals surface area (Å²) in [5.41, 5.74) is 10.2. The van der Waals surface area contributed by atoms with Gasteiger partial charge in [-0.15, -0.1) is 0 Å². The van der Waals surface area contributed by atoms with Crippen LogP contribution in [0.15, 0.2) is 18.2 Å². The van der Waals surface area contributed by atoms with Crippen LogP contribution < -0.4 is 15.4 Å². The van der Waals surface area contributed by atoms with Gasteiger partial charge in [-0.25, -0.2) is 4.98 Å². The van der Waals surface area contributed by atoms with E-state index in [0.717, 1.165) is 34.5 Å². The third-order valence-corrected chi connectivity index (χ3v) is 3.46. The number of benzene rings is 1. The van der Waals surface area contributed by atoms with Gasteiger partial charge in [0.2, 0.25) is 0 Å². The standard InChI is InChI=1S/C17H25N3O/c1-11-9-13(20(4)5)15-12(10-17(2,3)18)7-8-14(21-6)16(15)19-11/h7-9H,10,18H2,1-6H3. The number of hydrogen-bond donors (Lipinski definition) is 1. The molecule has 0 aliphatic carbocycles. The maximum atomic E-state index is 6.22. The van der Waals surface area contributed by atoms with Crippen molar-refractivity contribution >= 4 is 16.6 Å². The molecule has 2 N–H and O–H groups in total. The fourth-order valence-electron chi connectivity index (χ4n) is 2.64. The molecule has 0 aliphatic heterocycles. The number of aryl methyl sites for hydroxylation is 1. The van der Waals surface area contributed by atoms with Crippen molar-refractivity contribution in [1.82, 2.24) is 4.98 Å². The molecule has 0 unspecified atom stereocenters. The van der Waals surface area contributed by atoms with Crippen LogP contribution in [-0.4, -0.2) is 31.7 Å². The molecule has 0 aliphatic rings. The van der Waals surface area contributed by atoms with Crippen molar-refractivity contribution in [2.24, 2.45) is 5.73 Å². The zero-order valence-corrected chi connectivity index (χ0v) is 13.8. The summed E-state index contributed by atoms with van der Waals surface area (Å²) in [5.74, 6) is 0.801. The highest BCUT2D eigenvalue weighted by atomic mass is 16.5. The highest BCUT2D eigenvalue weighted by Crippen LogP contribution is 2.35. The molecule has 0 spiro atoms. The Bertz CT molecular complexity index is 657. The van der Waals surface area contributed by atoms with Gasteiger partial charge in [0.15, 0.2) is 0 Å². The van der Waals surface area contributed by atoms with E-state index in [1.807, 2.05) is 40.9 Å². The van der Waals surface area contributed by atoms with Crippen molar-refractivity contribution in [3.8, 4) is 5.75 Å². The van der Waals surface area contributed by atoms with Crippen molar-refractivity contribution in [3.05, 3.63) is 29.5 Å². The quantitative estimate of drug-likeness (QED) is 0.939. The van der Waals surface area contributed by atoms with E-state index in [9.17, 15) is 0 Å². The molecule has 0 radical (unpaired) electrons. The molecule has 2 rings (SSSR count). The lowest BCUT2D eigenvalue weighted by Crippen LogP contribution is -2.34. The van der Waals surface area contributed by atoms with Gasteiger partial charge in [-0.2, -0.15) is 0 Å². The van der Waals surface area contributed by atoms with E-state index in [4.69, 9.17) is 10.5 Å². The first-order chi connectivity index (χ1) is 9.73. The van der Waals surface area contributed by atoms with Crippen molar-refractivity contribution < 1.29 is 4.74 Å². The second-order valence-corrected chi connectivity index (χ2v) is 6.49. The van der Waals surface area contributed by atoms with Crippen LogP contribution in [0.1, 0.15) is 25.1 Å². The summed E-state index contributed by atoms with van der Waals surface area (Å²) in [5, 5.41) is 1.13. The summed E-state index contributed by atoms with van der Waals surface area (Å²) < 4.78 is 5.49. The van der Waals surface area contributed by atoms with E-state index in [1.165, 1.54) is 5.56 Å². The van der Waals surface area contributed by atoms with Gasteiger partial charge in [0.05, 0.1) is 7.11 Å². The largest absolute Gasteiger partial charge is 0.494 e. The van der Waals surface area contributed by atoms with Gasteiger partial charge in [0.25, 0.3) is 0 Å². The zero-order valence-electron chi connectivity index (χ0n) is 13.8. The molecule has 2 aromatic rings. The van der Waals surface area contributed by atoms with Gasteiger partial charge in [0, 0.05) is 36.4 Å². The number of nitrogens with zero attached hydrogens (tertiary/aromatic N) is 2. The van der Waals surface area contributed by atoms with Gasteiger partial charge in [-0.3, -0.25) is 0 Å². The summed E-state index contributed by atoms with van der Waals surface area (Å²) in [6.07, 6.45) is 0.791. The van der Waals surface area contributed by atoms with E-state index in [-0.39, 0.29) is 5.54 Å². The third kappa shape index (κ3) is 3.27. The average molecular weight is 287 g/mol. The fraction of sp³-hybridized carbons (Fsp3) is 0.471. The molecule has 21 heavy (non-hydrogen) atoms. The Hall–Kier alpha value is -1.81. The van der Waals surface area contributed by atoms with E-state index in [1.54, 1.807) is 7.11 Å². The maximum absolute atomic E-state index is 6.22. The topological polar surface area (TPSA) is 51.4 Å². The smallest absolute Gasteiger partial charge is 0.145 e. The number of fused-ring (bicyclic) bond motifs is 1. The van der Waals surface area contributed by atoms with Crippen LogP contribution in [-0.2, 0) is 6.42 Å². The highest BCUT2D eigenvalue weighted by molar-refractivity contribution is 5.98. The van der Waals surface area contributed by atoms with Crippen molar-refractivity contribution in [3.63, 3.8) is 0 Å². The molecule has 0 saturated heterocycles. The molecule has 4 nitrogen and oxygen atoms in total. The maximum Gasteiger partial charge on any atom is 0.145 e. The Morgan fingerprint density at radius 1 is 1.29 bits per heavy atom. The molecule has 4 heteroatoms. The lowest BCUT2D eigenvalue weighted by molar-refractivity contribution is 0.418. The number of hydrogen-bond acceptors (Lipinski definition) is 4. The Kier molecular flexibility index (Phi) is 4.10. The first-order valence-electron chi connectivity index (χ1n) is 7.16. The number of aromatic nitrogens is 1. The van der Waals surface area contributed by atoms with Crippen LogP contribution >= 0.6 is 0 Å². The van der Waals surface area contributed by atoms with E-state index >= 15 is 0 Å². The summed E-state index contributed by atoms with van der Waals surface area (Å²) in [4.78, 5) is 6.80. The van der Waals surface area contributed by atoms with E-state index in [0.29, 0.717) is 0 Å². The number of anilines is 1. The Labute approximate surface area is 126 Å². The average Bonchev–Trinajstić information content (AvgIpc) is 2.36. The minimum absolute atomic E-state index is 0.268. The Morgan fingerprint density at radius 2 is 1.95 bits per heavy atom. The van der Waals surface area contributed by atoms with Crippen molar-refractivity contribution in [2.75, 3.05) is 26.1 Å². The van der Waals surface area contributed by atoms with Crippen LogP contribution in [0.2, 0.25) is 0 Å². The summed E-state index contributed by atoms with van der Waals surface area (Å²) >= 11 is 0. The molecule has 1 aromatic carbocycles. The normalized spacial score (nSPS) is 11.8. The van der Waals surface area contributed by atoms with Crippen LogP contribution in [0.4, 0.5) is 5.69 Å².